The molecule has 3 atom stereocenters. The summed E-state index contributed by atoms with van der Waals surface area (Å²) in [5.74, 6) is 0.782. The van der Waals surface area contributed by atoms with Gasteiger partial charge in [0.05, 0.1) is 6.10 Å². The van der Waals surface area contributed by atoms with Crippen molar-refractivity contribution in [1.82, 2.24) is 10.2 Å². The van der Waals surface area contributed by atoms with Gasteiger partial charge < -0.3 is 15.3 Å². The van der Waals surface area contributed by atoms with Crippen LogP contribution in [0, 0.1) is 5.92 Å². The minimum absolute atomic E-state index is 0.0981. The normalized spacial score (nSPS) is 35.8. The van der Waals surface area contributed by atoms with Gasteiger partial charge in [0.2, 0.25) is 0 Å². The molecule has 3 heteroatoms. The topological polar surface area (TPSA) is 35.5 Å². The molecule has 0 amide bonds. The number of hydrogen-bond donors (Lipinski definition) is 2. The van der Waals surface area contributed by atoms with Gasteiger partial charge in [-0.2, -0.15) is 0 Å². The third-order valence-electron chi connectivity index (χ3n) is 4.46. The molecule has 3 unspecified atom stereocenters. The Bertz CT molecular complexity index is 216. The number of likely N-dealkylation sites (N-methyl/N-ethyl adjacent to an activating group) is 1. The van der Waals surface area contributed by atoms with Crippen LogP contribution in [0.5, 0.6) is 0 Å². The maximum absolute atomic E-state index is 10.2. The summed E-state index contributed by atoms with van der Waals surface area (Å²) < 4.78 is 0. The van der Waals surface area contributed by atoms with Gasteiger partial charge in [-0.25, -0.2) is 0 Å². The molecule has 2 fully saturated rings. The molecule has 1 saturated carbocycles. The van der Waals surface area contributed by atoms with Crippen molar-refractivity contribution >= 4 is 0 Å². The second-order valence-corrected chi connectivity index (χ2v) is 5.92. The standard InChI is InChI=1S/C14H28N2O/c1-16(11-12-6-5-9-15-10-12)13-7-3-2-4-8-14(13)17/h12-15,17H,2-11H2,1H3. The lowest BCUT2D eigenvalue weighted by atomic mass is 9.97. The molecule has 2 N–H and O–H groups in total. The fraction of sp³-hybridized carbons (Fsp3) is 1.00. The predicted molar refractivity (Wildman–Crippen MR) is 71.1 cm³/mol. The van der Waals surface area contributed by atoms with Gasteiger partial charge in [0, 0.05) is 12.6 Å². The highest BCUT2D eigenvalue weighted by Crippen LogP contribution is 2.23. The summed E-state index contributed by atoms with van der Waals surface area (Å²) in [6, 6.07) is 0.402. The quantitative estimate of drug-likeness (QED) is 0.736. The van der Waals surface area contributed by atoms with Crippen molar-refractivity contribution in [3.05, 3.63) is 0 Å². The van der Waals surface area contributed by atoms with E-state index in [1.807, 2.05) is 0 Å². The van der Waals surface area contributed by atoms with Crippen LogP contribution < -0.4 is 5.32 Å². The van der Waals surface area contributed by atoms with Gasteiger partial charge in [0.1, 0.15) is 0 Å². The van der Waals surface area contributed by atoms with Gasteiger partial charge >= 0.3 is 0 Å². The molecule has 1 saturated heterocycles. The Kier molecular flexibility index (Phi) is 5.26. The molecular formula is C14H28N2O. The molecule has 0 spiro atoms. The Labute approximate surface area is 106 Å². The average Bonchev–Trinajstić information content (AvgIpc) is 2.55. The first-order valence-corrected chi connectivity index (χ1v) is 7.36. The molecule has 100 valence electrons. The summed E-state index contributed by atoms with van der Waals surface area (Å²) in [7, 11) is 2.20. The number of nitrogens with zero attached hydrogens (tertiary/aromatic N) is 1. The highest BCUT2D eigenvalue weighted by atomic mass is 16.3. The average molecular weight is 240 g/mol. The van der Waals surface area contributed by atoms with E-state index < -0.39 is 0 Å². The Morgan fingerprint density at radius 1 is 1.12 bits per heavy atom. The highest BCUT2D eigenvalue weighted by molar-refractivity contribution is 4.82. The van der Waals surface area contributed by atoms with Gasteiger partial charge in [-0.3, -0.25) is 0 Å². The molecule has 1 heterocycles. The molecule has 1 aliphatic carbocycles. The van der Waals surface area contributed by atoms with Crippen molar-refractivity contribution in [2.24, 2.45) is 5.92 Å². The molecule has 1 aliphatic heterocycles. The van der Waals surface area contributed by atoms with E-state index in [4.69, 9.17) is 0 Å². The monoisotopic (exact) mass is 240 g/mol. The first-order valence-electron chi connectivity index (χ1n) is 7.36. The second-order valence-electron chi connectivity index (χ2n) is 5.92. The van der Waals surface area contributed by atoms with Crippen molar-refractivity contribution in [2.75, 3.05) is 26.7 Å². The van der Waals surface area contributed by atoms with Crippen LogP contribution in [0.25, 0.3) is 0 Å². The Hall–Kier alpha value is -0.120. The predicted octanol–water partition coefficient (Wildman–Crippen LogP) is 1.61. The van der Waals surface area contributed by atoms with Gasteiger partial charge in [-0.15, -0.1) is 0 Å². The highest BCUT2D eigenvalue weighted by Gasteiger charge is 2.27. The van der Waals surface area contributed by atoms with E-state index in [0.29, 0.717) is 6.04 Å². The number of aliphatic hydroxyl groups is 1. The number of aliphatic hydroxyl groups excluding tert-OH is 1. The third kappa shape index (κ3) is 3.94. The number of rotatable bonds is 3. The van der Waals surface area contributed by atoms with Gasteiger partial charge in [-0.1, -0.05) is 19.3 Å². The van der Waals surface area contributed by atoms with Crippen molar-refractivity contribution in [3.8, 4) is 0 Å². The maximum atomic E-state index is 10.2. The van der Waals surface area contributed by atoms with Crippen molar-refractivity contribution in [2.45, 2.75) is 57.1 Å². The molecular weight excluding hydrogens is 212 g/mol. The maximum Gasteiger partial charge on any atom is 0.0695 e. The van der Waals surface area contributed by atoms with Crippen LogP contribution in [0.2, 0.25) is 0 Å². The molecule has 0 radical (unpaired) electrons. The van der Waals surface area contributed by atoms with Gasteiger partial charge in [0.15, 0.2) is 0 Å². The van der Waals surface area contributed by atoms with Crippen LogP contribution in [0.15, 0.2) is 0 Å². The summed E-state index contributed by atoms with van der Waals surface area (Å²) in [6.45, 7) is 3.49. The van der Waals surface area contributed by atoms with E-state index >= 15 is 0 Å². The van der Waals surface area contributed by atoms with Crippen LogP contribution in [0.3, 0.4) is 0 Å². The zero-order valence-electron chi connectivity index (χ0n) is 11.2. The Morgan fingerprint density at radius 2 is 1.94 bits per heavy atom. The van der Waals surface area contributed by atoms with Gasteiger partial charge in [-0.05, 0) is 51.7 Å². The van der Waals surface area contributed by atoms with Crippen LogP contribution in [-0.4, -0.2) is 48.8 Å². The molecule has 0 aromatic carbocycles. The van der Waals surface area contributed by atoms with Crippen molar-refractivity contribution < 1.29 is 5.11 Å². The first kappa shape index (κ1) is 13.3. The minimum Gasteiger partial charge on any atom is -0.391 e. The van der Waals surface area contributed by atoms with Crippen molar-refractivity contribution in [3.63, 3.8) is 0 Å². The lowest BCUT2D eigenvalue weighted by molar-refractivity contribution is 0.0481. The lowest BCUT2D eigenvalue weighted by Gasteiger charge is -2.34. The third-order valence-corrected chi connectivity index (χ3v) is 4.46. The second kappa shape index (κ2) is 6.72. The van der Waals surface area contributed by atoms with Crippen LogP contribution in [0.4, 0.5) is 0 Å². The fourth-order valence-electron chi connectivity index (χ4n) is 3.41. The molecule has 0 aromatic heterocycles. The van der Waals surface area contributed by atoms with E-state index in [0.717, 1.165) is 25.4 Å². The SMILES string of the molecule is CN(CC1CCCNC1)C1CCCCCC1O. The molecule has 3 nitrogen and oxygen atoms in total. The van der Waals surface area contributed by atoms with Gasteiger partial charge in [0.25, 0.3) is 0 Å². The van der Waals surface area contributed by atoms with Crippen LogP contribution in [0.1, 0.15) is 44.9 Å². The fourth-order valence-corrected chi connectivity index (χ4v) is 3.41. The van der Waals surface area contributed by atoms with E-state index in [-0.39, 0.29) is 6.10 Å². The summed E-state index contributed by atoms with van der Waals surface area (Å²) in [4.78, 5) is 2.42. The Balaban J connectivity index is 1.81. The van der Waals surface area contributed by atoms with E-state index in [9.17, 15) is 5.11 Å². The summed E-state index contributed by atoms with van der Waals surface area (Å²) in [5.41, 5.74) is 0. The smallest absolute Gasteiger partial charge is 0.0695 e. The molecule has 2 rings (SSSR count). The van der Waals surface area contributed by atoms with E-state index in [2.05, 4.69) is 17.3 Å². The zero-order valence-corrected chi connectivity index (χ0v) is 11.2. The number of nitrogens with one attached hydrogen (secondary N) is 1. The summed E-state index contributed by atoms with van der Waals surface area (Å²) >= 11 is 0. The molecule has 2 aliphatic rings. The zero-order chi connectivity index (χ0) is 12.1. The summed E-state index contributed by atoms with van der Waals surface area (Å²) in [6.07, 6.45) is 8.53. The number of piperidine rings is 1. The largest absolute Gasteiger partial charge is 0.391 e. The molecule has 0 bridgehead atoms. The first-order chi connectivity index (χ1) is 8.27. The molecule has 17 heavy (non-hydrogen) atoms. The van der Waals surface area contributed by atoms with Crippen LogP contribution in [-0.2, 0) is 0 Å². The minimum atomic E-state index is -0.0981. The van der Waals surface area contributed by atoms with Crippen molar-refractivity contribution in [1.29, 1.82) is 0 Å². The number of hydrogen-bond acceptors (Lipinski definition) is 3. The Morgan fingerprint density at radius 3 is 2.71 bits per heavy atom. The van der Waals surface area contributed by atoms with Crippen LogP contribution >= 0.6 is 0 Å². The molecule has 0 aromatic rings. The van der Waals surface area contributed by atoms with E-state index in [1.54, 1.807) is 0 Å². The lowest BCUT2D eigenvalue weighted by Crippen LogP contribution is -2.45. The summed E-state index contributed by atoms with van der Waals surface area (Å²) in [5, 5.41) is 13.7. The van der Waals surface area contributed by atoms with E-state index in [1.165, 1.54) is 45.1 Å².